The number of halogens is 1. The van der Waals surface area contributed by atoms with Gasteiger partial charge in [0.25, 0.3) is 11.8 Å². The Labute approximate surface area is 179 Å². The summed E-state index contributed by atoms with van der Waals surface area (Å²) in [5, 5.41) is 3.58. The molecule has 0 saturated heterocycles. The van der Waals surface area contributed by atoms with Crippen molar-refractivity contribution >= 4 is 40.4 Å². The Kier molecular flexibility index (Phi) is 5.55. The molecule has 0 bridgehead atoms. The predicted octanol–water partition coefficient (Wildman–Crippen LogP) is 5.14. The normalized spacial score (nSPS) is 13.7. The van der Waals surface area contributed by atoms with Crippen molar-refractivity contribution in [2.75, 3.05) is 16.8 Å². The Morgan fingerprint density at radius 1 is 0.900 bits per heavy atom. The number of imide groups is 1. The van der Waals surface area contributed by atoms with Gasteiger partial charge < -0.3 is 10.1 Å². The Morgan fingerprint density at radius 2 is 1.67 bits per heavy atom. The summed E-state index contributed by atoms with van der Waals surface area (Å²) < 4.78 is 5.54. The first-order valence-corrected chi connectivity index (χ1v) is 9.90. The zero-order valence-corrected chi connectivity index (χ0v) is 17.0. The van der Waals surface area contributed by atoms with Crippen molar-refractivity contribution in [2.45, 2.75) is 6.92 Å². The van der Waals surface area contributed by atoms with Gasteiger partial charge in [-0.25, -0.2) is 4.90 Å². The molecule has 0 saturated carbocycles. The molecule has 0 fully saturated rings. The smallest absolute Gasteiger partial charge is 0.282 e. The molecular weight excluding hydrogens is 400 g/mol. The standard InChI is InChI=1S/C24H19ClN2O3/c1-2-30-20-13-7-11-18(15-20)26-22-21(16-8-4-3-5-9-16)23(28)27(24(22)29)19-12-6-10-17(25)14-19/h3-15,26H,2H2,1H3. The van der Waals surface area contributed by atoms with Crippen LogP contribution < -0.4 is 15.0 Å². The quantitative estimate of drug-likeness (QED) is 0.563. The van der Waals surface area contributed by atoms with Crippen LogP contribution >= 0.6 is 11.6 Å². The maximum absolute atomic E-state index is 13.3. The largest absolute Gasteiger partial charge is 0.494 e. The number of benzene rings is 3. The molecule has 30 heavy (non-hydrogen) atoms. The highest BCUT2D eigenvalue weighted by Crippen LogP contribution is 2.34. The first kappa shape index (κ1) is 19.7. The number of amides is 2. The molecule has 1 aliphatic rings. The second-order valence-electron chi connectivity index (χ2n) is 6.63. The van der Waals surface area contributed by atoms with Crippen LogP contribution in [-0.4, -0.2) is 18.4 Å². The first-order chi connectivity index (χ1) is 14.6. The van der Waals surface area contributed by atoms with Crippen molar-refractivity contribution in [3.8, 4) is 5.75 Å². The highest BCUT2D eigenvalue weighted by atomic mass is 35.5. The van der Waals surface area contributed by atoms with Crippen LogP contribution in [0.5, 0.6) is 5.75 Å². The molecule has 1 N–H and O–H groups in total. The molecule has 0 spiro atoms. The van der Waals surface area contributed by atoms with Gasteiger partial charge in [0.15, 0.2) is 0 Å². The summed E-state index contributed by atoms with van der Waals surface area (Å²) in [5.41, 5.74) is 2.25. The van der Waals surface area contributed by atoms with Crippen LogP contribution in [0.4, 0.5) is 11.4 Å². The lowest BCUT2D eigenvalue weighted by Gasteiger charge is -2.15. The van der Waals surface area contributed by atoms with Crippen LogP contribution in [0.1, 0.15) is 12.5 Å². The molecule has 3 aromatic rings. The van der Waals surface area contributed by atoms with E-state index >= 15 is 0 Å². The number of rotatable bonds is 6. The van der Waals surface area contributed by atoms with Gasteiger partial charge in [0.1, 0.15) is 11.4 Å². The molecule has 1 aliphatic heterocycles. The Balaban J connectivity index is 1.79. The van der Waals surface area contributed by atoms with Gasteiger partial charge in [-0.2, -0.15) is 0 Å². The predicted molar refractivity (Wildman–Crippen MR) is 119 cm³/mol. The van der Waals surface area contributed by atoms with E-state index in [4.69, 9.17) is 16.3 Å². The van der Waals surface area contributed by atoms with Gasteiger partial charge in [-0.05, 0) is 42.8 Å². The number of anilines is 2. The van der Waals surface area contributed by atoms with Crippen molar-refractivity contribution in [1.82, 2.24) is 0 Å². The number of nitrogens with one attached hydrogen (secondary N) is 1. The SMILES string of the molecule is CCOc1cccc(NC2=C(c3ccccc3)C(=O)N(c3cccc(Cl)c3)C2=O)c1. The third-order valence-corrected chi connectivity index (χ3v) is 4.86. The Bertz CT molecular complexity index is 1140. The van der Waals surface area contributed by atoms with Gasteiger partial charge in [0.2, 0.25) is 0 Å². The van der Waals surface area contributed by atoms with E-state index in [1.54, 1.807) is 42.5 Å². The van der Waals surface area contributed by atoms with E-state index < -0.39 is 11.8 Å². The summed E-state index contributed by atoms with van der Waals surface area (Å²) >= 11 is 6.09. The molecule has 0 aliphatic carbocycles. The fourth-order valence-electron chi connectivity index (χ4n) is 3.34. The zero-order chi connectivity index (χ0) is 21.1. The summed E-state index contributed by atoms with van der Waals surface area (Å²) in [7, 11) is 0. The number of nitrogens with zero attached hydrogens (tertiary/aromatic N) is 1. The van der Waals surface area contributed by atoms with E-state index in [0.717, 1.165) is 4.90 Å². The van der Waals surface area contributed by atoms with Crippen molar-refractivity contribution in [1.29, 1.82) is 0 Å². The summed E-state index contributed by atoms with van der Waals surface area (Å²) in [4.78, 5) is 27.8. The lowest BCUT2D eigenvalue weighted by molar-refractivity contribution is -0.120. The molecule has 6 heteroatoms. The van der Waals surface area contributed by atoms with Crippen molar-refractivity contribution in [3.63, 3.8) is 0 Å². The lowest BCUT2D eigenvalue weighted by Crippen LogP contribution is -2.32. The lowest BCUT2D eigenvalue weighted by atomic mass is 10.0. The van der Waals surface area contributed by atoms with Gasteiger partial charge in [-0.3, -0.25) is 9.59 Å². The fraction of sp³-hybridized carbons (Fsp3) is 0.0833. The van der Waals surface area contributed by atoms with Crippen molar-refractivity contribution < 1.29 is 14.3 Å². The number of carbonyl (C=O) groups is 2. The molecule has 0 unspecified atom stereocenters. The molecule has 0 radical (unpaired) electrons. The van der Waals surface area contributed by atoms with Crippen LogP contribution in [0, 0.1) is 0 Å². The average Bonchev–Trinajstić information content (AvgIpc) is 2.99. The topological polar surface area (TPSA) is 58.6 Å². The van der Waals surface area contributed by atoms with E-state index in [-0.39, 0.29) is 5.70 Å². The zero-order valence-electron chi connectivity index (χ0n) is 16.3. The minimum absolute atomic E-state index is 0.208. The van der Waals surface area contributed by atoms with E-state index in [2.05, 4.69) is 5.32 Å². The van der Waals surface area contributed by atoms with Crippen LogP contribution in [0.3, 0.4) is 0 Å². The average molecular weight is 419 g/mol. The summed E-state index contributed by atoms with van der Waals surface area (Å²) in [6, 6.07) is 23.1. The van der Waals surface area contributed by atoms with Gasteiger partial charge in [-0.15, -0.1) is 0 Å². The minimum atomic E-state index is -0.442. The maximum atomic E-state index is 13.3. The molecule has 1 heterocycles. The van der Waals surface area contributed by atoms with E-state index in [1.807, 2.05) is 43.3 Å². The molecule has 4 rings (SSSR count). The van der Waals surface area contributed by atoms with Crippen LogP contribution in [0.15, 0.2) is 84.6 Å². The van der Waals surface area contributed by atoms with E-state index in [0.29, 0.717) is 39.9 Å². The highest BCUT2D eigenvalue weighted by molar-refractivity contribution is 6.46. The third kappa shape index (κ3) is 3.80. The number of hydrogen-bond donors (Lipinski definition) is 1. The number of carbonyl (C=O) groups excluding carboxylic acids is 2. The summed E-state index contributed by atoms with van der Waals surface area (Å²) in [6.45, 7) is 2.43. The Morgan fingerprint density at radius 3 is 2.40 bits per heavy atom. The van der Waals surface area contributed by atoms with Crippen molar-refractivity contribution in [2.24, 2.45) is 0 Å². The minimum Gasteiger partial charge on any atom is -0.494 e. The van der Waals surface area contributed by atoms with Crippen molar-refractivity contribution in [3.05, 3.63) is 95.1 Å². The van der Waals surface area contributed by atoms with E-state index in [1.165, 1.54) is 0 Å². The molecule has 2 amide bonds. The molecule has 3 aromatic carbocycles. The summed E-state index contributed by atoms with van der Waals surface area (Å²) in [6.07, 6.45) is 0. The van der Waals surface area contributed by atoms with Gasteiger partial charge in [-0.1, -0.05) is 54.1 Å². The maximum Gasteiger partial charge on any atom is 0.282 e. The first-order valence-electron chi connectivity index (χ1n) is 9.52. The van der Waals surface area contributed by atoms with Crippen LogP contribution in [-0.2, 0) is 9.59 Å². The van der Waals surface area contributed by atoms with Gasteiger partial charge in [0, 0.05) is 16.8 Å². The number of hydrogen-bond acceptors (Lipinski definition) is 4. The molecular formula is C24H19ClN2O3. The van der Waals surface area contributed by atoms with Crippen LogP contribution in [0.25, 0.3) is 5.57 Å². The van der Waals surface area contributed by atoms with Crippen LogP contribution in [0.2, 0.25) is 5.02 Å². The van der Waals surface area contributed by atoms with Gasteiger partial charge >= 0.3 is 0 Å². The monoisotopic (exact) mass is 418 g/mol. The molecule has 5 nitrogen and oxygen atoms in total. The summed E-state index contributed by atoms with van der Waals surface area (Å²) in [5.74, 6) is -0.173. The molecule has 0 atom stereocenters. The third-order valence-electron chi connectivity index (χ3n) is 4.63. The highest BCUT2D eigenvalue weighted by Gasteiger charge is 2.40. The van der Waals surface area contributed by atoms with E-state index in [9.17, 15) is 9.59 Å². The molecule has 150 valence electrons. The number of ether oxygens (including phenoxy) is 1. The fourth-order valence-corrected chi connectivity index (χ4v) is 3.53. The Hall–Kier alpha value is -3.57. The second-order valence-corrected chi connectivity index (χ2v) is 7.06. The van der Waals surface area contributed by atoms with Gasteiger partial charge in [0.05, 0.1) is 17.9 Å². The molecule has 0 aromatic heterocycles. The second kappa shape index (κ2) is 8.43.